The molecule has 0 amide bonds. The normalized spacial score (nSPS) is 19.7. The lowest BCUT2D eigenvalue weighted by atomic mass is 9.98. The van der Waals surface area contributed by atoms with Crippen LogP contribution in [0, 0.1) is 5.92 Å². The van der Waals surface area contributed by atoms with Gasteiger partial charge >= 0.3 is 5.97 Å². The van der Waals surface area contributed by atoms with Crippen molar-refractivity contribution in [3.63, 3.8) is 0 Å². The van der Waals surface area contributed by atoms with Crippen molar-refractivity contribution >= 4 is 5.97 Å². The van der Waals surface area contributed by atoms with E-state index < -0.39 is 0 Å². The SMILES string of the molecule is CCOC(=O)c1cnn(C)c1CN1CCCC(CNC)C1. The van der Waals surface area contributed by atoms with Gasteiger partial charge in [-0.25, -0.2) is 4.79 Å². The third-order valence-electron chi connectivity index (χ3n) is 4.03. The van der Waals surface area contributed by atoms with E-state index in [0.29, 0.717) is 18.1 Å². The quantitative estimate of drug-likeness (QED) is 0.794. The van der Waals surface area contributed by atoms with Crippen LogP contribution in [-0.2, 0) is 18.3 Å². The number of hydrogen-bond acceptors (Lipinski definition) is 5. The molecule has 1 aromatic rings. The lowest BCUT2D eigenvalue weighted by Crippen LogP contribution is -2.39. The zero-order valence-electron chi connectivity index (χ0n) is 13.3. The summed E-state index contributed by atoms with van der Waals surface area (Å²) in [5.41, 5.74) is 1.54. The first-order chi connectivity index (χ1) is 10.2. The molecule has 21 heavy (non-hydrogen) atoms. The first-order valence-electron chi connectivity index (χ1n) is 7.70. The molecule has 1 aromatic heterocycles. The van der Waals surface area contributed by atoms with E-state index in [1.807, 2.05) is 21.0 Å². The number of hydrogen-bond donors (Lipinski definition) is 1. The molecule has 1 aliphatic rings. The molecule has 118 valence electrons. The van der Waals surface area contributed by atoms with Crippen LogP contribution in [0.4, 0.5) is 0 Å². The number of nitrogens with zero attached hydrogens (tertiary/aromatic N) is 3. The maximum absolute atomic E-state index is 12.0. The maximum atomic E-state index is 12.0. The molecule has 0 aliphatic carbocycles. The van der Waals surface area contributed by atoms with Crippen LogP contribution in [0.2, 0.25) is 0 Å². The van der Waals surface area contributed by atoms with Crippen LogP contribution in [0.5, 0.6) is 0 Å². The summed E-state index contributed by atoms with van der Waals surface area (Å²) in [6.07, 6.45) is 4.09. The predicted molar refractivity (Wildman–Crippen MR) is 81.1 cm³/mol. The summed E-state index contributed by atoms with van der Waals surface area (Å²) in [5.74, 6) is 0.410. The summed E-state index contributed by atoms with van der Waals surface area (Å²) >= 11 is 0. The molecule has 1 aliphatic heterocycles. The van der Waals surface area contributed by atoms with E-state index in [9.17, 15) is 4.79 Å². The van der Waals surface area contributed by atoms with Gasteiger partial charge in [0.2, 0.25) is 0 Å². The summed E-state index contributed by atoms with van der Waals surface area (Å²) in [6.45, 7) is 6.15. The van der Waals surface area contributed by atoms with Gasteiger partial charge in [-0.1, -0.05) is 0 Å². The minimum absolute atomic E-state index is 0.274. The molecule has 1 atom stereocenters. The number of esters is 1. The average molecular weight is 294 g/mol. The standard InChI is InChI=1S/C15H26N4O2/c1-4-21-15(20)13-9-17-18(3)14(13)11-19-7-5-6-12(10-19)8-16-2/h9,12,16H,4-8,10-11H2,1-3H3. The number of rotatable bonds is 6. The first kappa shape index (κ1) is 16.0. The average Bonchev–Trinajstić information content (AvgIpc) is 2.81. The fraction of sp³-hybridized carbons (Fsp3) is 0.733. The van der Waals surface area contributed by atoms with E-state index in [1.165, 1.54) is 12.8 Å². The van der Waals surface area contributed by atoms with Crippen LogP contribution in [0.1, 0.15) is 35.8 Å². The number of likely N-dealkylation sites (tertiary alicyclic amines) is 1. The molecule has 1 saturated heterocycles. The van der Waals surface area contributed by atoms with Crippen LogP contribution in [0.25, 0.3) is 0 Å². The van der Waals surface area contributed by atoms with E-state index in [4.69, 9.17) is 4.74 Å². The van der Waals surface area contributed by atoms with E-state index >= 15 is 0 Å². The number of piperidine rings is 1. The number of carbonyl (C=O) groups is 1. The minimum Gasteiger partial charge on any atom is -0.462 e. The monoisotopic (exact) mass is 294 g/mol. The highest BCUT2D eigenvalue weighted by Crippen LogP contribution is 2.19. The Labute approximate surface area is 126 Å². The second kappa shape index (κ2) is 7.56. The lowest BCUT2D eigenvalue weighted by Gasteiger charge is -2.32. The summed E-state index contributed by atoms with van der Waals surface area (Å²) in [5, 5.41) is 7.47. The highest BCUT2D eigenvalue weighted by molar-refractivity contribution is 5.90. The molecule has 1 fully saturated rings. The van der Waals surface area contributed by atoms with Crippen molar-refractivity contribution in [2.24, 2.45) is 13.0 Å². The highest BCUT2D eigenvalue weighted by Gasteiger charge is 2.23. The van der Waals surface area contributed by atoms with Gasteiger partial charge in [0.1, 0.15) is 5.56 Å². The van der Waals surface area contributed by atoms with Gasteiger partial charge in [-0.05, 0) is 45.8 Å². The topological polar surface area (TPSA) is 59.4 Å². The minimum atomic E-state index is -0.274. The largest absolute Gasteiger partial charge is 0.462 e. The number of aryl methyl sites for hydroxylation is 1. The maximum Gasteiger partial charge on any atom is 0.341 e. The van der Waals surface area contributed by atoms with E-state index in [0.717, 1.165) is 31.9 Å². The van der Waals surface area contributed by atoms with Crippen LogP contribution >= 0.6 is 0 Å². The second-order valence-corrected chi connectivity index (χ2v) is 5.65. The molecule has 0 spiro atoms. The van der Waals surface area contributed by atoms with Crippen molar-refractivity contribution in [1.29, 1.82) is 0 Å². The number of ether oxygens (including phenoxy) is 1. The Hall–Kier alpha value is -1.40. The Bertz CT molecular complexity index is 470. The fourth-order valence-corrected chi connectivity index (χ4v) is 2.99. The van der Waals surface area contributed by atoms with Crippen LogP contribution < -0.4 is 5.32 Å². The molecule has 1 N–H and O–H groups in total. The first-order valence-corrected chi connectivity index (χ1v) is 7.70. The van der Waals surface area contributed by atoms with E-state index in [1.54, 1.807) is 10.9 Å². The van der Waals surface area contributed by atoms with Gasteiger partial charge in [0.05, 0.1) is 18.5 Å². The van der Waals surface area contributed by atoms with Gasteiger partial charge in [-0.2, -0.15) is 5.10 Å². The summed E-state index contributed by atoms with van der Waals surface area (Å²) in [6, 6.07) is 0. The molecular weight excluding hydrogens is 268 g/mol. The third-order valence-corrected chi connectivity index (χ3v) is 4.03. The lowest BCUT2D eigenvalue weighted by molar-refractivity contribution is 0.0522. The van der Waals surface area contributed by atoms with Crippen molar-refractivity contribution in [3.05, 3.63) is 17.5 Å². The van der Waals surface area contributed by atoms with Crippen LogP contribution in [0.15, 0.2) is 6.20 Å². The van der Waals surface area contributed by atoms with Crippen molar-refractivity contribution < 1.29 is 9.53 Å². The summed E-state index contributed by atoms with van der Waals surface area (Å²) < 4.78 is 6.90. The molecule has 2 heterocycles. The van der Waals surface area contributed by atoms with Crippen molar-refractivity contribution in [2.45, 2.75) is 26.3 Å². The molecule has 2 rings (SSSR count). The van der Waals surface area contributed by atoms with Gasteiger partial charge in [-0.15, -0.1) is 0 Å². The van der Waals surface area contributed by atoms with Crippen molar-refractivity contribution in [2.75, 3.05) is 33.3 Å². The van der Waals surface area contributed by atoms with Gasteiger partial charge in [0.15, 0.2) is 0 Å². The Morgan fingerprint density at radius 3 is 3.10 bits per heavy atom. The van der Waals surface area contributed by atoms with E-state index in [2.05, 4.69) is 15.3 Å². The molecule has 0 bridgehead atoms. The molecule has 1 unspecified atom stereocenters. The third kappa shape index (κ3) is 4.04. The van der Waals surface area contributed by atoms with Gasteiger partial charge < -0.3 is 10.1 Å². The summed E-state index contributed by atoms with van der Waals surface area (Å²) in [7, 11) is 3.88. The van der Waals surface area contributed by atoms with Crippen molar-refractivity contribution in [3.8, 4) is 0 Å². The molecule has 0 aromatic carbocycles. The van der Waals surface area contributed by atoms with E-state index in [-0.39, 0.29) is 5.97 Å². The van der Waals surface area contributed by atoms with Gasteiger partial charge in [0, 0.05) is 20.1 Å². The number of nitrogens with one attached hydrogen (secondary N) is 1. The Morgan fingerprint density at radius 1 is 1.57 bits per heavy atom. The number of aromatic nitrogens is 2. The molecule has 0 saturated carbocycles. The smallest absolute Gasteiger partial charge is 0.341 e. The zero-order valence-corrected chi connectivity index (χ0v) is 13.3. The van der Waals surface area contributed by atoms with Crippen molar-refractivity contribution in [1.82, 2.24) is 20.0 Å². The Kier molecular flexibility index (Phi) is 5.76. The fourth-order valence-electron chi connectivity index (χ4n) is 2.99. The molecule has 6 nitrogen and oxygen atoms in total. The van der Waals surface area contributed by atoms with Crippen LogP contribution in [-0.4, -0.2) is 53.9 Å². The molecular formula is C15H26N4O2. The summed E-state index contributed by atoms with van der Waals surface area (Å²) in [4.78, 5) is 14.4. The second-order valence-electron chi connectivity index (χ2n) is 5.65. The molecule has 6 heteroatoms. The Balaban J connectivity index is 2.05. The molecule has 0 radical (unpaired) electrons. The van der Waals surface area contributed by atoms with Crippen LogP contribution in [0.3, 0.4) is 0 Å². The predicted octanol–water partition coefficient (Wildman–Crippen LogP) is 1.03. The van der Waals surface area contributed by atoms with Gasteiger partial charge in [-0.3, -0.25) is 9.58 Å². The highest BCUT2D eigenvalue weighted by atomic mass is 16.5. The zero-order chi connectivity index (χ0) is 15.2. The Morgan fingerprint density at radius 2 is 2.38 bits per heavy atom. The number of carbonyl (C=O) groups excluding carboxylic acids is 1. The van der Waals surface area contributed by atoms with Gasteiger partial charge in [0.25, 0.3) is 0 Å².